The molecule has 3 nitrogen and oxygen atoms in total. The number of rotatable bonds is 5. The summed E-state index contributed by atoms with van der Waals surface area (Å²) in [6.07, 6.45) is 0. The van der Waals surface area contributed by atoms with E-state index in [4.69, 9.17) is 0 Å². The molecule has 0 heterocycles. The Morgan fingerprint density at radius 2 is 1.36 bits per heavy atom. The first kappa shape index (κ1) is 18.8. The summed E-state index contributed by atoms with van der Waals surface area (Å²) >= 11 is 0. The lowest BCUT2D eigenvalue weighted by atomic mass is 10.2. The molecular formula is C16H12F6N2O. The van der Waals surface area contributed by atoms with Gasteiger partial charge >= 0.3 is 0 Å². The molecule has 0 atom stereocenters. The maximum atomic E-state index is 13.5. The molecule has 0 fully saturated rings. The maximum absolute atomic E-state index is 13.5. The van der Waals surface area contributed by atoms with Crippen LogP contribution >= 0.6 is 0 Å². The highest BCUT2D eigenvalue weighted by Crippen LogP contribution is 2.27. The minimum absolute atomic E-state index is 0.199. The molecule has 0 saturated heterocycles. The number of nitrogens with one attached hydrogen (secondary N) is 1. The van der Waals surface area contributed by atoms with Gasteiger partial charge in [-0.3, -0.25) is 9.69 Å². The first-order valence-corrected chi connectivity index (χ1v) is 6.95. The number of anilines is 1. The number of halogens is 6. The van der Waals surface area contributed by atoms with E-state index >= 15 is 0 Å². The molecule has 0 bridgehead atoms. The van der Waals surface area contributed by atoms with E-state index in [2.05, 4.69) is 0 Å². The molecule has 2 rings (SSSR count). The van der Waals surface area contributed by atoms with E-state index < -0.39 is 53.0 Å². The molecule has 134 valence electrons. The number of amides is 1. The summed E-state index contributed by atoms with van der Waals surface area (Å²) in [5.74, 6) is -12.2. The Kier molecular flexibility index (Phi) is 5.68. The molecule has 0 saturated carbocycles. The summed E-state index contributed by atoms with van der Waals surface area (Å²) in [5.41, 5.74) is -0.746. The van der Waals surface area contributed by atoms with Crippen molar-refractivity contribution in [3.05, 3.63) is 64.7 Å². The summed E-state index contributed by atoms with van der Waals surface area (Å²) < 4.78 is 78.9. The number of benzene rings is 2. The van der Waals surface area contributed by atoms with Crippen molar-refractivity contribution in [2.45, 2.75) is 6.54 Å². The van der Waals surface area contributed by atoms with Gasteiger partial charge in [-0.1, -0.05) is 12.1 Å². The third-order valence-electron chi connectivity index (χ3n) is 3.25. The standard InChI is InChI=1S/C16H12F6N2O/c1-24(6-8-2-4-9(17)5-3-8)7-10(25)23-16-14(21)12(19)11(18)13(20)15(16)22/h2-5H,6-7H2,1H3,(H,23,25). The van der Waals surface area contributed by atoms with E-state index in [0.29, 0.717) is 5.56 Å². The second-order valence-electron chi connectivity index (χ2n) is 5.29. The zero-order chi connectivity index (χ0) is 18.7. The van der Waals surface area contributed by atoms with Crippen LogP contribution in [0.25, 0.3) is 0 Å². The largest absolute Gasteiger partial charge is 0.320 e. The monoisotopic (exact) mass is 362 g/mol. The topological polar surface area (TPSA) is 32.3 Å². The third kappa shape index (κ3) is 4.30. The van der Waals surface area contributed by atoms with Crippen LogP contribution in [0.2, 0.25) is 0 Å². The molecule has 0 unspecified atom stereocenters. The van der Waals surface area contributed by atoms with Gasteiger partial charge in [0.15, 0.2) is 23.3 Å². The molecule has 25 heavy (non-hydrogen) atoms. The maximum Gasteiger partial charge on any atom is 0.238 e. The van der Waals surface area contributed by atoms with Crippen molar-refractivity contribution in [1.29, 1.82) is 0 Å². The number of nitrogens with zero attached hydrogens (tertiary/aromatic N) is 1. The Balaban J connectivity index is 2.06. The Morgan fingerprint density at radius 3 is 1.88 bits per heavy atom. The number of hydrogen-bond donors (Lipinski definition) is 1. The highest BCUT2D eigenvalue weighted by atomic mass is 19.2. The predicted octanol–water partition coefficient (Wildman–Crippen LogP) is 3.59. The average Bonchev–Trinajstić information content (AvgIpc) is 2.57. The van der Waals surface area contributed by atoms with Crippen LogP contribution in [0.5, 0.6) is 0 Å². The van der Waals surface area contributed by atoms with Gasteiger partial charge in [-0.25, -0.2) is 26.3 Å². The van der Waals surface area contributed by atoms with Gasteiger partial charge in [-0.2, -0.15) is 0 Å². The van der Waals surface area contributed by atoms with Crippen molar-refractivity contribution in [2.75, 3.05) is 18.9 Å². The smallest absolute Gasteiger partial charge is 0.238 e. The first-order chi connectivity index (χ1) is 11.7. The van der Waals surface area contributed by atoms with E-state index in [9.17, 15) is 31.1 Å². The molecule has 9 heteroatoms. The molecule has 2 aromatic carbocycles. The van der Waals surface area contributed by atoms with Crippen molar-refractivity contribution in [3.63, 3.8) is 0 Å². The van der Waals surface area contributed by atoms with Crippen molar-refractivity contribution in [3.8, 4) is 0 Å². The SMILES string of the molecule is CN(CC(=O)Nc1c(F)c(F)c(F)c(F)c1F)Cc1ccc(F)cc1. The fourth-order valence-corrected chi connectivity index (χ4v) is 2.10. The summed E-state index contributed by atoms with van der Waals surface area (Å²) in [6, 6.07) is 5.40. The Labute approximate surface area is 138 Å². The van der Waals surface area contributed by atoms with E-state index in [1.807, 2.05) is 0 Å². The Morgan fingerprint density at radius 1 is 0.880 bits per heavy atom. The van der Waals surface area contributed by atoms with Gasteiger partial charge in [0.1, 0.15) is 11.5 Å². The molecule has 0 aliphatic heterocycles. The number of likely N-dealkylation sites (N-methyl/N-ethyl adjacent to an activating group) is 1. The van der Waals surface area contributed by atoms with Gasteiger partial charge in [0.05, 0.1) is 6.54 Å². The zero-order valence-corrected chi connectivity index (χ0v) is 12.8. The number of hydrogen-bond acceptors (Lipinski definition) is 2. The highest BCUT2D eigenvalue weighted by molar-refractivity contribution is 5.92. The van der Waals surface area contributed by atoms with E-state index in [-0.39, 0.29) is 6.54 Å². The van der Waals surface area contributed by atoms with Crippen LogP contribution in [0.3, 0.4) is 0 Å². The lowest BCUT2D eigenvalue weighted by molar-refractivity contribution is -0.117. The molecule has 0 aromatic heterocycles. The summed E-state index contributed by atoms with van der Waals surface area (Å²) in [4.78, 5) is 13.2. The number of carbonyl (C=O) groups excluding carboxylic acids is 1. The van der Waals surface area contributed by atoms with Gasteiger partial charge in [0.2, 0.25) is 11.7 Å². The van der Waals surface area contributed by atoms with Crippen LogP contribution in [0.4, 0.5) is 32.0 Å². The molecule has 0 aliphatic carbocycles. The summed E-state index contributed by atoms with van der Waals surface area (Å²) in [7, 11) is 1.49. The second-order valence-corrected chi connectivity index (χ2v) is 5.29. The van der Waals surface area contributed by atoms with Gasteiger partial charge in [0, 0.05) is 6.54 Å². The Bertz CT molecular complexity index is 765. The van der Waals surface area contributed by atoms with E-state index in [1.165, 1.54) is 36.2 Å². The van der Waals surface area contributed by atoms with Crippen LogP contribution in [-0.2, 0) is 11.3 Å². The molecule has 1 amide bonds. The van der Waals surface area contributed by atoms with Crippen LogP contribution < -0.4 is 5.32 Å². The fraction of sp³-hybridized carbons (Fsp3) is 0.188. The third-order valence-corrected chi connectivity index (χ3v) is 3.25. The van der Waals surface area contributed by atoms with Gasteiger partial charge in [0.25, 0.3) is 0 Å². The van der Waals surface area contributed by atoms with E-state index in [0.717, 1.165) is 0 Å². The quantitative estimate of drug-likeness (QED) is 0.501. The average molecular weight is 362 g/mol. The molecule has 0 aliphatic rings. The van der Waals surface area contributed by atoms with Crippen LogP contribution in [0.1, 0.15) is 5.56 Å². The van der Waals surface area contributed by atoms with Gasteiger partial charge < -0.3 is 5.32 Å². The predicted molar refractivity (Wildman–Crippen MR) is 77.6 cm³/mol. The van der Waals surface area contributed by atoms with Crippen LogP contribution in [0.15, 0.2) is 24.3 Å². The van der Waals surface area contributed by atoms with Gasteiger partial charge in [-0.05, 0) is 24.7 Å². The fourth-order valence-electron chi connectivity index (χ4n) is 2.10. The molecule has 0 spiro atoms. The zero-order valence-electron chi connectivity index (χ0n) is 12.8. The Hall–Kier alpha value is -2.55. The second kappa shape index (κ2) is 7.56. The molecule has 2 aromatic rings. The number of carbonyl (C=O) groups is 1. The summed E-state index contributed by atoms with van der Waals surface area (Å²) in [6.45, 7) is -0.193. The lowest BCUT2D eigenvalue weighted by Crippen LogP contribution is -2.30. The van der Waals surface area contributed by atoms with Crippen molar-refractivity contribution in [1.82, 2.24) is 4.90 Å². The van der Waals surface area contributed by atoms with Gasteiger partial charge in [-0.15, -0.1) is 0 Å². The normalized spacial score (nSPS) is 11.0. The van der Waals surface area contributed by atoms with Crippen molar-refractivity contribution >= 4 is 11.6 Å². The summed E-state index contributed by atoms with van der Waals surface area (Å²) in [5, 5.41) is 1.68. The first-order valence-electron chi connectivity index (χ1n) is 6.95. The molecule has 0 radical (unpaired) electrons. The van der Waals surface area contributed by atoms with Crippen molar-refractivity contribution in [2.24, 2.45) is 0 Å². The van der Waals surface area contributed by atoms with Crippen LogP contribution in [-0.4, -0.2) is 24.4 Å². The molecular weight excluding hydrogens is 350 g/mol. The highest BCUT2D eigenvalue weighted by Gasteiger charge is 2.26. The molecule has 1 N–H and O–H groups in total. The van der Waals surface area contributed by atoms with E-state index in [1.54, 1.807) is 5.32 Å². The van der Waals surface area contributed by atoms with Crippen molar-refractivity contribution < 1.29 is 31.1 Å². The van der Waals surface area contributed by atoms with Crippen LogP contribution in [0, 0.1) is 34.9 Å². The minimum atomic E-state index is -2.30. The lowest BCUT2D eigenvalue weighted by Gasteiger charge is -2.17. The minimum Gasteiger partial charge on any atom is -0.320 e.